The van der Waals surface area contributed by atoms with Crippen LogP contribution in [0.3, 0.4) is 0 Å². The van der Waals surface area contributed by atoms with Crippen LogP contribution in [-0.4, -0.2) is 12.1 Å². The molecule has 0 unspecified atom stereocenters. The monoisotopic (exact) mass is 425 g/mol. The summed E-state index contributed by atoms with van der Waals surface area (Å²) in [6, 6.07) is 23.5. The minimum Gasteiger partial charge on any atom is -0.493 e. The van der Waals surface area contributed by atoms with E-state index in [0.29, 0.717) is 28.2 Å². The number of ether oxygens (including phenoxy) is 2. The highest BCUT2D eigenvalue weighted by Gasteiger charge is 2.18. The maximum atomic E-state index is 13.4. The van der Waals surface area contributed by atoms with Crippen LogP contribution >= 0.6 is 0 Å². The smallest absolute Gasteiger partial charge is 0.161 e. The molecule has 0 amide bonds. The summed E-state index contributed by atoms with van der Waals surface area (Å²) in [5, 5.41) is 9.79. The average Bonchev–Trinajstić information content (AvgIpc) is 2.83. The van der Waals surface area contributed by atoms with Crippen LogP contribution in [0.25, 0.3) is 22.3 Å². The number of rotatable bonds is 6. The average molecular weight is 425 g/mol. The van der Waals surface area contributed by atoms with E-state index in [0.717, 1.165) is 16.7 Å². The molecule has 158 valence electrons. The number of anilines is 1. The molecule has 1 heterocycles. The Morgan fingerprint density at radius 3 is 2.50 bits per heavy atom. The van der Waals surface area contributed by atoms with Crippen LogP contribution < -0.4 is 15.2 Å². The largest absolute Gasteiger partial charge is 0.493 e. The van der Waals surface area contributed by atoms with Crippen molar-refractivity contribution in [1.29, 1.82) is 5.26 Å². The maximum Gasteiger partial charge on any atom is 0.161 e. The molecule has 0 bridgehead atoms. The first-order valence-corrected chi connectivity index (χ1v) is 9.90. The minimum absolute atomic E-state index is 0.160. The van der Waals surface area contributed by atoms with Gasteiger partial charge in [-0.05, 0) is 41.0 Å². The van der Waals surface area contributed by atoms with E-state index in [2.05, 4.69) is 11.1 Å². The van der Waals surface area contributed by atoms with Gasteiger partial charge in [0.1, 0.15) is 29.9 Å². The summed E-state index contributed by atoms with van der Waals surface area (Å²) in [7, 11) is 1.54. The van der Waals surface area contributed by atoms with E-state index < -0.39 is 0 Å². The van der Waals surface area contributed by atoms with Gasteiger partial charge in [0.25, 0.3) is 0 Å². The van der Waals surface area contributed by atoms with Crippen molar-refractivity contribution < 1.29 is 13.9 Å². The van der Waals surface area contributed by atoms with E-state index in [4.69, 9.17) is 15.2 Å². The number of nitrogens with zero attached hydrogens (tertiary/aromatic N) is 2. The molecule has 0 saturated carbocycles. The van der Waals surface area contributed by atoms with Gasteiger partial charge < -0.3 is 15.2 Å². The van der Waals surface area contributed by atoms with E-state index in [-0.39, 0.29) is 18.2 Å². The number of nitriles is 1. The number of methoxy groups -OCH3 is 1. The fraction of sp³-hybridized carbons (Fsp3) is 0.0769. The lowest BCUT2D eigenvalue weighted by Gasteiger charge is -2.16. The van der Waals surface area contributed by atoms with Crippen molar-refractivity contribution >= 4 is 5.82 Å². The molecule has 6 heteroatoms. The Morgan fingerprint density at radius 1 is 0.969 bits per heavy atom. The van der Waals surface area contributed by atoms with Crippen LogP contribution in [0.5, 0.6) is 11.5 Å². The summed E-state index contributed by atoms with van der Waals surface area (Å²) in [5.41, 5.74) is 10.1. The van der Waals surface area contributed by atoms with Gasteiger partial charge in [-0.25, -0.2) is 9.37 Å². The van der Waals surface area contributed by atoms with Gasteiger partial charge in [0.2, 0.25) is 0 Å². The molecule has 0 aliphatic heterocycles. The van der Waals surface area contributed by atoms with Gasteiger partial charge in [-0.1, -0.05) is 48.5 Å². The summed E-state index contributed by atoms with van der Waals surface area (Å²) in [4.78, 5) is 4.21. The first-order valence-electron chi connectivity index (χ1n) is 9.90. The molecular weight excluding hydrogens is 405 g/mol. The van der Waals surface area contributed by atoms with Gasteiger partial charge >= 0.3 is 0 Å². The second kappa shape index (κ2) is 9.19. The molecule has 4 rings (SSSR count). The molecule has 0 aliphatic rings. The quantitative estimate of drug-likeness (QED) is 0.435. The third-order valence-electron chi connectivity index (χ3n) is 5.04. The highest BCUT2D eigenvalue weighted by atomic mass is 19.1. The lowest BCUT2D eigenvalue weighted by Crippen LogP contribution is -2.01. The van der Waals surface area contributed by atoms with Crippen LogP contribution in [0.1, 0.15) is 11.1 Å². The number of pyridine rings is 1. The Hall–Kier alpha value is -4.37. The molecule has 4 aromatic rings. The van der Waals surface area contributed by atoms with Crippen molar-refractivity contribution in [1.82, 2.24) is 4.98 Å². The lowest BCUT2D eigenvalue weighted by atomic mass is 9.92. The Kier molecular flexibility index (Phi) is 6.00. The normalized spacial score (nSPS) is 10.4. The van der Waals surface area contributed by atoms with Gasteiger partial charge in [-0.3, -0.25) is 0 Å². The van der Waals surface area contributed by atoms with Crippen molar-refractivity contribution in [2.45, 2.75) is 6.61 Å². The van der Waals surface area contributed by atoms with Crippen LogP contribution in [0.15, 0.2) is 79.0 Å². The summed E-state index contributed by atoms with van der Waals surface area (Å²) in [5.74, 6) is 0.827. The summed E-state index contributed by atoms with van der Waals surface area (Å²) in [6.45, 7) is 0.189. The summed E-state index contributed by atoms with van der Waals surface area (Å²) < 4.78 is 24.8. The zero-order valence-corrected chi connectivity index (χ0v) is 17.4. The molecule has 0 spiro atoms. The highest BCUT2D eigenvalue weighted by Crippen LogP contribution is 2.40. The molecule has 0 aliphatic carbocycles. The molecule has 5 nitrogen and oxygen atoms in total. The lowest BCUT2D eigenvalue weighted by molar-refractivity contribution is 0.284. The first-order chi connectivity index (χ1) is 15.6. The van der Waals surface area contributed by atoms with Crippen molar-refractivity contribution in [3.05, 3.63) is 95.9 Å². The Morgan fingerprint density at radius 2 is 1.78 bits per heavy atom. The second-order valence-electron chi connectivity index (χ2n) is 7.07. The van der Waals surface area contributed by atoms with Crippen LogP contribution in [-0.2, 0) is 6.61 Å². The van der Waals surface area contributed by atoms with Crippen LogP contribution in [0.4, 0.5) is 10.2 Å². The van der Waals surface area contributed by atoms with Crippen molar-refractivity contribution in [3.8, 4) is 39.8 Å². The van der Waals surface area contributed by atoms with E-state index in [1.165, 1.54) is 12.1 Å². The Labute approximate surface area is 185 Å². The zero-order chi connectivity index (χ0) is 22.5. The fourth-order valence-corrected chi connectivity index (χ4v) is 3.51. The van der Waals surface area contributed by atoms with Crippen molar-refractivity contribution in [2.75, 3.05) is 12.8 Å². The van der Waals surface area contributed by atoms with E-state index in [1.807, 2.05) is 36.4 Å². The van der Waals surface area contributed by atoms with Crippen LogP contribution in [0, 0.1) is 17.1 Å². The second-order valence-corrected chi connectivity index (χ2v) is 7.07. The van der Waals surface area contributed by atoms with Gasteiger partial charge in [0.05, 0.1) is 7.11 Å². The predicted octanol–water partition coefficient (Wildman–Crippen LogP) is 5.60. The summed E-state index contributed by atoms with van der Waals surface area (Å²) >= 11 is 0. The number of nitrogens with two attached hydrogens (primary N) is 1. The summed E-state index contributed by atoms with van der Waals surface area (Å²) in [6.07, 6.45) is 1.67. The first kappa shape index (κ1) is 20.9. The number of hydrogen-bond donors (Lipinski definition) is 1. The third-order valence-corrected chi connectivity index (χ3v) is 5.04. The number of hydrogen-bond acceptors (Lipinski definition) is 5. The topological polar surface area (TPSA) is 81.2 Å². The van der Waals surface area contributed by atoms with Gasteiger partial charge in [0, 0.05) is 17.3 Å². The van der Waals surface area contributed by atoms with E-state index in [1.54, 1.807) is 37.6 Å². The Balaban J connectivity index is 1.76. The molecule has 0 fully saturated rings. The number of nitrogen functional groups attached to an aromatic ring is 1. The third kappa shape index (κ3) is 4.23. The molecule has 0 radical (unpaired) electrons. The van der Waals surface area contributed by atoms with Crippen molar-refractivity contribution in [3.63, 3.8) is 0 Å². The number of aromatic nitrogens is 1. The van der Waals surface area contributed by atoms with Crippen LogP contribution in [0.2, 0.25) is 0 Å². The number of halogens is 1. The fourth-order valence-electron chi connectivity index (χ4n) is 3.51. The molecule has 1 aromatic heterocycles. The molecule has 32 heavy (non-hydrogen) atoms. The molecule has 2 N–H and O–H groups in total. The minimum atomic E-state index is -0.318. The highest BCUT2D eigenvalue weighted by molar-refractivity contribution is 5.90. The van der Waals surface area contributed by atoms with Crippen molar-refractivity contribution in [2.24, 2.45) is 0 Å². The maximum absolute atomic E-state index is 13.4. The SMILES string of the molecule is COc1cc(-c2c(-c3ccccc3)cnc(N)c2C#N)ccc1OCc1cccc(F)c1. The zero-order valence-electron chi connectivity index (χ0n) is 17.4. The van der Waals surface area contributed by atoms with E-state index >= 15 is 0 Å². The van der Waals surface area contributed by atoms with Gasteiger partial charge in [-0.15, -0.1) is 0 Å². The molecule has 0 atom stereocenters. The predicted molar refractivity (Wildman–Crippen MR) is 122 cm³/mol. The number of benzene rings is 3. The van der Waals surface area contributed by atoms with Gasteiger partial charge in [0.15, 0.2) is 11.5 Å². The molecule has 3 aromatic carbocycles. The molecule has 0 saturated heterocycles. The standard InChI is InChI=1S/C26H20FN3O2/c1-31-24-13-19(10-11-23(24)32-16-17-6-5-9-20(27)12-17)25-21(14-28)26(29)30-15-22(25)18-7-3-2-4-8-18/h2-13,15H,16H2,1H3,(H2,29,30). The van der Waals surface area contributed by atoms with Gasteiger partial charge in [-0.2, -0.15) is 5.26 Å². The molecular formula is C26H20FN3O2. The Bertz CT molecular complexity index is 1300. The van der Waals surface area contributed by atoms with E-state index in [9.17, 15) is 9.65 Å².